The summed E-state index contributed by atoms with van der Waals surface area (Å²) in [5.41, 5.74) is -0.0865. The summed E-state index contributed by atoms with van der Waals surface area (Å²) >= 11 is 1.31. The molecule has 0 fully saturated rings. The molecule has 2 aromatic rings. The van der Waals surface area contributed by atoms with Crippen LogP contribution in [0.4, 0.5) is 0 Å². The Labute approximate surface area is 118 Å². The molecule has 2 N–H and O–H groups in total. The summed E-state index contributed by atoms with van der Waals surface area (Å²) < 4.78 is 5.44. The van der Waals surface area contributed by atoms with Gasteiger partial charge in [0.2, 0.25) is 0 Å². The minimum absolute atomic E-state index is 0.212. The van der Waals surface area contributed by atoms with Gasteiger partial charge in [0.05, 0.1) is 12.2 Å². The Kier molecular flexibility index (Phi) is 4.72. The fraction of sp³-hybridized carbons (Fsp3) is 0.167. The third kappa shape index (κ3) is 4.09. The van der Waals surface area contributed by atoms with Gasteiger partial charge < -0.3 is 9.84 Å². The normalized spacial score (nSPS) is 10.2. The van der Waals surface area contributed by atoms with E-state index in [-0.39, 0.29) is 11.1 Å². The van der Waals surface area contributed by atoms with Gasteiger partial charge >= 0.3 is 5.97 Å². The van der Waals surface area contributed by atoms with Gasteiger partial charge in [-0.15, -0.1) is 5.10 Å². The Morgan fingerprint density at radius 3 is 2.75 bits per heavy atom. The summed E-state index contributed by atoms with van der Waals surface area (Å²) in [6, 6.07) is 6.15. The van der Waals surface area contributed by atoms with Crippen molar-refractivity contribution in [2.24, 2.45) is 0 Å². The number of aromatic amines is 1. The molecule has 1 aromatic carbocycles. The number of hydrogen-bond acceptors (Lipinski definition) is 6. The van der Waals surface area contributed by atoms with E-state index < -0.39 is 5.97 Å². The van der Waals surface area contributed by atoms with Gasteiger partial charge in [0.25, 0.3) is 5.56 Å². The lowest BCUT2D eigenvalue weighted by Crippen LogP contribution is -2.09. The second-order valence-electron chi connectivity index (χ2n) is 3.67. The number of hydrogen-bond donors (Lipinski definition) is 2. The molecule has 0 spiro atoms. The van der Waals surface area contributed by atoms with Crippen LogP contribution in [0.5, 0.6) is 5.75 Å². The molecular weight excluding hydrogens is 282 g/mol. The number of carbonyl (C=O) groups is 1. The molecule has 0 amide bonds. The zero-order valence-corrected chi connectivity index (χ0v) is 11.1. The second-order valence-corrected chi connectivity index (χ2v) is 4.75. The number of aromatic nitrogens is 3. The lowest BCUT2D eigenvalue weighted by Gasteiger charge is -2.05. The summed E-state index contributed by atoms with van der Waals surface area (Å²) in [5.74, 6) is 0.192. The maximum atomic E-state index is 11.0. The number of carboxylic acids is 1. The number of thioether (sulfide) groups is 1. The van der Waals surface area contributed by atoms with Crippen LogP contribution in [0.25, 0.3) is 0 Å². The largest absolute Gasteiger partial charge is 0.493 e. The van der Waals surface area contributed by atoms with Crippen LogP contribution in [-0.2, 0) is 0 Å². The molecule has 2 rings (SSSR count). The molecule has 1 heterocycles. The van der Waals surface area contributed by atoms with E-state index in [1.807, 2.05) is 0 Å². The van der Waals surface area contributed by atoms with Crippen LogP contribution in [0.15, 0.2) is 40.4 Å². The van der Waals surface area contributed by atoms with Gasteiger partial charge in [-0.1, -0.05) is 11.8 Å². The van der Waals surface area contributed by atoms with Crippen molar-refractivity contribution in [3.8, 4) is 5.75 Å². The fourth-order valence-corrected chi connectivity index (χ4v) is 1.99. The van der Waals surface area contributed by atoms with Crippen molar-refractivity contribution in [2.45, 2.75) is 5.16 Å². The maximum absolute atomic E-state index is 11.0. The number of nitrogens with zero attached hydrogens (tertiary/aromatic N) is 2. The number of ether oxygens (including phenoxy) is 1. The number of aromatic carboxylic acids is 1. The van der Waals surface area contributed by atoms with Crippen LogP contribution in [0.3, 0.4) is 0 Å². The molecule has 0 unspecified atom stereocenters. The van der Waals surface area contributed by atoms with Crippen molar-refractivity contribution in [3.05, 3.63) is 46.4 Å². The topological polar surface area (TPSA) is 105 Å². The molecule has 8 heteroatoms. The molecule has 104 valence electrons. The average Bonchev–Trinajstić information content (AvgIpc) is 2.44. The number of rotatable bonds is 6. The van der Waals surface area contributed by atoms with Gasteiger partial charge in [-0.25, -0.2) is 4.79 Å². The molecule has 0 aliphatic rings. The summed E-state index contributed by atoms with van der Waals surface area (Å²) in [5, 5.41) is 16.5. The highest BCUT2D eigenvalue weighted by atomic mass is 32.2. The van der Waals surface area contributed by atoms with Crippen LogP contribution in [0.2, 0.25) is 0 Å². The van der Waals surface area contributed by atoms with Crippen molar-refractivity contribution < 1.29 is 14.6 Å². The molecule has 7 nitrogen and oxygen atoms in total. The molecule has 0 atom stereocenters. The van der Waals surface area contributed by atoms with Gasteiger partial charge in [-0.3, -0.25) is 9.78 Å². The molecule has 0 aliphatic carbocycles. The Morgan fingerprint density at radius 1 is 1.35 bits per heavy atom. The van der Waals surface area contributed by atoms with Crippen molar-refractivity contribution in [3.63, 3.8) is 0 Å². The van der Waals surface area contributed by atoms with Crippen molar-refractivity contribution in [2.75, 3.05) is 12.4 Å². The lowest BCUT2D eigenvalue weighted by molar-refractivity contribution is 0.0697. The van der Waals surface area contributed by atoms with E-state index in [2.05, 4.69) is 15.2 Å². The summed E-state index contributed by atoms with van der Waals surface area (Å²) in [7, 11) is 0. The van der Waals surface area contributed by atoms with E-state index in [0.717, 1.165) is 6.20 Å². The van der Waals surface area contributed by atoms with Crippen LogP contribution < -0.4 is 10.3 Å². The highest BCUT2D eigenvalue weighted by Gasteiger charge is 2.02. The monoisotopic (exact) mass is 293 g/mol. The van der Waals surface area contributed by atoms with Crippen LogP contribution >= 0.6 is 11.8 Å². The van der Waals surface area contributed by atoms with Gasteiger partial charge in [-0.2, -0.15) is 5.10 Å². The first-order valence-corrected chi connectivity index (χ1v) is 6.64. The number of carboxylic acid groups (broad SMARTS) is 1. The predicted molar refractivity (Wildman–Crippen MR) is 72.3 cm³/mol. The zero-order chi connectivity index (χ0) is 14.4. The summed E-state index contributed by atoms with van der Waals surface area (Å²) in [6.07, 6.45) is 1.10. The molecule has 0 aliphatic heterocycles. The van der Waals surface area contributed by atoms with Crippen molar-refractivity contribution in [1.29, 1.82) is 0 Å². The molecule has 0 bridgehead atoms. The van der Waals surface area contributed by atoms with E-state index in [1.165, 1.54) is 23.9 Å². The first-order chi connectivity index (χ1) is 9.65. The third-order valence-electron chi connectivity index (χ3n) is 2.25. The van der Waals surface area contributed by atoms with E-state index in [1.54, 1.807) is 12.1 Å². The second kappa shape index (κ2) is 6.71. The Hall–Kier alpha value is -2.35. The molecule has 0 saturated heterocycles. The predicted octanol–water partition coefficient (Wildman–Crippen LogP) is 1.03. The Morgan fingerprint density at radius 2 is 2.10 bits per heavy atom. The van der Waals surface area contributed by atoms with E-state index in [4.69, 9.17) is 9.84 Å². The number of benzene rings is 1. The van der Waals surface area contributed by atoms with Gasteiger partial charge in [-0.05, 0) is 24.3 Å². The lowest BCUT2D eigenvalue weighted by atomic mass is 10.2. The third-order valence-corrected chi connectivity index (χ3v) is 3.07. The van der Waals surface area contributed by atoms with E-state index in [0.29, 0.717) is 23.3 Å². The van der Waals surface area contributed by atoms with E-state index in [9.17, 15) is 9.59 Å². The standard InChI is InChI=1S/C12H11N3O4S/c16-10-7-13-15-12(14-10)20-6-5-19-9-3-1-8(2-4-9)11(17)18/h1-4,7H,5-6H2,(H,17,18)(H,14,15,16). The molecular formula is C12H11N3O4S. The zero-order valence-electron chi connectivity index (χ0n) is 10.3. The first-order valence-electron chi connectivity index (χ1n) is 5.66. The first kappa shape index (κ1) is 14.1. The van der Waals surface area contributed by atoms with Crippen LogP contribution in [0, 0.1) is 0 Å². The Balaban J connectivity index is 1.78. The van der Waals surface area contributed by atoms with Gasteiger partial charge in [0, 0.05) is 5.75 Å². The minimum atomic E-state index is -0.973. The average molecular weight is 293 g/mol. The van der Waals surface area contributed by atoms with Crippen LogP contribution in [0.1, 0.15) is 10.4 Å². The SMILES string of the molecule is O=C(O)c1ccc(OCCSc2nncc(=O)[nH]2)cc1. The van der Waals surface area contributed by atoms with Crippen molar-refractivity contribution in [1.82, 2.24) is 15.2 Å². The quantitative estimate of drug-likeness (QED) is 0.605. The van der Waals surface area contributed by atoms with Crippen LogP contribution in [-0.4, -0.2) is 38.6 Å². The highest BCUT2D eigenvalue weighted by Crippen LogP contribution is 2.14. The van der Waals surface area contributed by atoms with Gasteiger partial charge in [0.15, 0.2) is 5.16 Å². The summed E-state index contributed by atoms with van der Waals surface area (Å²) in [6.45, 7) is 0.399. The Bertz CT molecular complexity index is 642. The number of nitrogens with one attached hydrogen (secondary N) is 1. The smallest absolute Gasteiger partial charge is 0.335 e. The highest BCUT2D eigenvalue weighted by molar-refractivity contribution is 7.99. The molecule has 0 saturated carbocycles. The molecule has 1 aromatic heterocycles. The number of H-pyrrole nitrogens is 1. The summed E-state index contributed by atoms with van der Waals surface area (Å²) in [4.78, 5) is 24.2. The fourth-order valence-electron chi connectivity index (χ4n) is 1.35. The maximum Gasteiger partial charge on any atom is 0.335 e. The van der Waals surface area contributed by atoms with Crippen molar-refractivity contribution >= 4 is 17.7 Å². The van der Waals surface area contributed by atoms with Gasteiger partial charge in [0.1, 0.15) is 11.9 Å². The van der Waals surface area contributed by atoms with E-state index >= 15 is 0 Å². The molecule has 0 radical (unpaired) electrons. The molecule has 20 heavy (non-hydrogen) atoms. The minimum Gasteiger partial charge on any atom is -0.493 e.